The van der Waals surface area contributed by atoms with Gasteiger partial charge in [-0.3, -0.25) is 4.79 Å². The van der Waals surface area contributed by atoms with Gasteiger partial charge in [0.1, 0.15) is 5.60 Å². The third-order valence-corrected chi connectivity index (χ3v) is 5.97. The van der Waals surface area contributed by atoms with E-state index in [1.54, 1.807) is 0 Å². The monoisotopic (exact) mass is 363 g/mol. The predicted molar refractivity (Wildman–Crippen MR) is 102 cm³/mol. The van der Waals surface area contributed by atoms with Gasteiger partial charge in [0.15, 0.2) is 5.75 Å². The summed E-state index contributed by atoms with van der Waals surface area (Å²) in [6.45, 7) is 1.83. The number of benzene rings is 2. The lowest BCUT2D eigenvalue weighted by molar-refractivity contribution is -0.155. The quantitative estimate of drug-likeness (QED) is 0.733. The Morgan fingerprint density at radius 3 is 2.70 bits per heavy atom. The minimum atomic E-state index is -0.932. The second kappa shape index (κ2) is 5.68. The highest BCUT2D eigenvalue weighted by atomic mass is 16.5. The highest BCUT2D eigenvalue weighted by Crippen LogP contribution is 2.56. The number of H-pyrrole nitrogens is 1. The predicted octanol–water partition coefficient (Wildman–Crippen LogP) is 3.31. The molecule has 5 heteroatoms. The van der Waals surface area contributed by atoms with E-state index in [4.69, 9.17) is 9.47 Å². The zero-order chi connectivity index (χ0) is 18.8. The van der Waals surface area contributed by atoms with Gasteiger partial charge in [-0.2, -0.15) is 0 Å². The number of pyridine rings is 1. The number of methoxy groups -OCH3 is 1. The van der Waals surface area contributed by atoms with Gasteiger partial charge in [-0.05, 0) is 37.0 Å². The highest BCUT2D eigenvalue weighted by Gasteiger charge is 2.55. The van der Waals surface area contributed by atoms with Crippen molar-refractivity contribution in [1.82, 2.24) is 4.98 Å². The molecule has 3 aromatic rings. The van der Waals surface area contributed by atoms with E-state index in [9.17, 15) is 9.90 Å². The molecule has 2 N–H and O–H groups in total. The van der Waals surface area contributed by atoms with Gasteiger partial charge in [-0.1, -0.05) is 36.4 Å². The number of aromatic nitrogens is 1. The molecule has 27 heavy (non-hydrogen) atoms. The van der Waals surface area contributed by atoms with Crippen molar-refractivity contribution in [2.75, 3.05) is 7.11 Å². The average molecular weight is 363 g/mol. The van der Waals surface area contributed by atoms with Gasteiger partial charge in [-0.25, -0.2) is 0 Å². The van der Waals surface area contributed by atoms with Crippen molar-refractivity contribution < 1.29 is 14.6 Å². The highest BCUT2D eigenvalue weighted by molar-refractivity contribution is 5.87. The van der Waals surface area contributed by atoms with Gasteiger partial charge >= 0.3 is 0 Å². The van der Waals surface area contributed by atoms with Crippen molar-refractivity contribution >= 4 is 10.9 Å². The van der Waals surface area contributed by atoms with Crippen LogP contribution in [0.5, 0.6) is 5.75 Å². The summed E-state index contributed by atoms with van der Waals surface area (Å²) in [6, 6.07) is 13.7. The van der Waals surface area contributed by atoms with Crippen LogP contribution in [0, 0.1) is 6.92 Å². The van der Waals surface area contributed by atoms with Gasteiger partial charge in [-0.15, -0.1) is 0 Å². The van der Waals surface area contributed by atoms with E-state index >= 15 is 0 Å². The Morgan fingerprint density at radius 2 is 1.96 bits per heavy atom. The molecule has 5 rings (SSSR count). The maximum absolute atomic E-state index is 13.2. The normalized spacial score (nSPS) is 26.2. The zero-order valence-electron chi connectivity index (χ0n) is 15.3. The number of nitrogens with one attached hydrogen (secondary N) is 1. The Labute approximate surface area is 156 Å². The Hall–Kier alpha value is -2.63. The van der Waals surface area contributed by atoms with Gasteiger partial charge < -0.3 is 19.6 Å². The van der Waals surface area contributed by atoms with Gasteiger partial charge in [0.05, 0.1) is 35.9 Å². The maximum atomic E-state index is 13.2. The van der Waals surface area contributed by atoms with Crippen molar-refractivity contribution in [2.45, 2.75) is 37.6 Å². The number of fused-ring (bicyclic) bond motifs is 7. The van der Waals surface area contributed by atoms with Crippen molar-refractivity contribution in [3.63, 3.8) is 0 Å². The van der Waals surface area contributed by atoms with E-state index in [1.165, 1.54) is 7.11 Å². The molecule has 0 saturated carbocycles. The number of aliphatic hydroxyl groups excluding tert-OH is 1. The summed E-state index contributed by atoms with van der Waals surface area (Å²) in [5.74, 6) is 0.326. The molecule has 1 fully saturated rings. The molecule has 1 aromatic heterocycles. The lowest BCUT2D eigenvalue weighted by Gasteiger charge is -2.39. The lowest BCUT2D eigenvalue weighted by atomic mass is 9.80. The van der Waals surface area contributed by atoms with Crippen LogP contribution in [0.25, 0.3) is 10.9 Å². The van der Waals surface area contributed by atoms with Crippen molar-refractivity contribution in [3.05, 3.63) is 75.1 Å². The van der Waals surface area contributed by atoms with Gasteiger partial charge in [0, 0.05) is 5.56 Å². The summed E-state index contributed by atoms with van der Waals surface area (Å²) in [7, 11) is 1.51. The van der Waals surface area contributed by atoms with Crippen LogP contribution < -0.4 is 10.2 Å². The zero-order valence-corrected chi connectivity index (χ0v) is 15.3. The summed E-state index contributed by atoms with van der Waals surface area (Å²) < 4.78 is 11.8. The van der Waals surface area contributed by atoms with E-state index in [0.29, 0.717) is 29.7 Å². The van der Waals surface area contributed by atoms with Crippen molar-refractivity contribution in [3.8, 4) is 5.75 Å². The molecule has 138 valence electrons. The first kappa shape index (κ1) is 16.5. The van der Waals surface area contributed by atoms with E-state index in [2.05, 4.69) is 4.98 Å². The van der Waals surface area contributed by atoms with Crippen LogP contribution in [0.4, 0.5) is 0 Å². The Bertz CT molecular complexity index is 1100. The summed E-state index contributed by atoms with van der Waals surface area (Å²) in [5.41, 5.74) is 3.09. The van der Waals surface area contributed by atoms with E-state index in [0.717, 1.165) is 22.2 Å². The molecule has 0 amide bonds. The fourth-order valence-corrected chi connectivity index (χ4v) is 4.84. The van der Waals surface area contributed by atoms with Crippen LogP contribution >= 0.6 is 0 Å². The fraction of sp³-hybridized carbons (Fsp3) is 0.318. The van der Waals surface area contributed by atoms with Crippen molar-refractivity contribution in [2.24, 2.45) is 0 Å². The van der Waals surface area contributed by atoms with E-state index in [1.807, 2.05) is 49.4 Å². The first-order valence-electron chi connectivity index (χ1n) is 9.23. The summed E-state index contributed by atoms with van der Waals surface area (Å²) in [4.78, 5) is 16.5. The van der Waals surface area contributed by atoms with Gasteiger partial charge in [0.2, 0.25) is 5.43 Å². The Balaban J connectivity index is 1.89. The molecule has 2 aliphatic heterocycles. The molecular weight excluding hydrogens is 342 g/mol. The van der Waals surface area contributed by atoms with Crippen LogP contribution in [-0.4, -0.2) is 23.3 Å². The summed E-state index contributed by atoms with van der Waals surface area (Å²) in [6.07, 6.45) is 0.413. The van der Waals surface area contributed by atoms with Crippen LogP contribution in [0.2, 0.25) is 0 Å². The smallest absolute Gasteiger partial charge is 0.231 e. The summed E-state index contributed by atoms with van der Waals surface area (Å²) >= 11 is 0. The third-order valence-electron chi connectivity index (χ3n) is 5.97. The van der Waals surface area contributed by atoms with Crippen LogP contribution in [0.15, 0.2) is 47.3 Å². The van der Waals surface area contributed by atoms with Crippen LogP contribution in [0.3, 0.4) is 0 Å². The molecule has 1 saturated heterocycles. The van der Waals surface area contributed by atoms with Crippen molar-refractivity contribution in [1.29, 1.82) is 0 Å². The first-order chi connectivity index (χ1) is 13.1. The third kappa shape index (κ3) is 2.04. The second-order valence-corrected chi connectivity index (χ2v) is 7.36. The molecule has 0 radical (unpaired) electrons. The number of rotatable bonds is 2. The molecule has 0 spiro atoms. The molecular formula is C22H21NO4. The minimum absolute atomic E-state index is 0.130. The Kier molecular flexibility index (Phi) is 3.48. The largest absolute Gasteiger partial charge is 0.491 e. The molecule has 0 unspecified atom stereocenters. The first-order valence-corrected chi connectivity index (χ1v) is 9.23. The molecule has 2 bridgehead atoms. The average Bonchev–Trinajstić information content (AvgIpc) is 2.97. The SMILES string of the molecule is COc1c(C)[nH]c2ccc3c(c2c1=O)[C@@H]1CC[C@@H](O)[C@@]3(c2ccccc2)O1. The standard InChI is InChI=1S/C22H21NO4/c1-12-21(26-2)20(25)19-15(23-12)9-8-14-18(19)16-10-11-17(24)22(14,27-16)13-6-4-3-5-7-13/h3-9,16-17,24H,10-11H2,1-2H3,(H,23,25)/t16-,17+,22-/m0/s1. The molecule has 0 aliphatic carbocycles. The fourth-order valence-electron chi connectivity index (χ4n) is 4.84. The second-order valence-electron chi connectivity index (χ2n) is 7.36. The molecule has 3 atom stereocenters. The summed E-state index contributed by atoms with van der Waals surface area (Å²) in [5, 5.41) is 11.6. The lowest BCUT2D eigenvalue weighted by Crippen LogP contribution is -2.43. The Morgan fingerprint density at radius 1 is 1.19 bits per heavy atom. The van der Waals surface area contributed by atoms with Gasteiger partial charge in [0.25, 0.3) is 0 Å². The minimum Gasteiger partial charge on any atom is -0.491 e. The number of hydrogen-bond acceptors (Lipinski definition) is 4. The molecule has 5 nitrogen and oxygen atoms in total. The maximum Gasteiger partial charge on any atom is 0.231 e. The van der Waals surface area contributed by atoms with E-state index < -0.39 is 11.7 Å². The topological polar surface area (TPSA) is 71.6 Å². The number of hydrogen-bond donors (Lipinski definition) is 2. The van der Waals surface area contributed by atoms with Crippen LogP contribution in [0.1, 0.15) is 41.3 Å². The molecule has 2 aromatic carbocycles. The van der Waals surface area contributed by atoms with E-state index in [-0.39, 0.29) is 11.5 Å². The molecule has 2 aliphatic rings. The number of aliphatic hydroxyl groups is 1. The molecule has 3 heterocycles. The number of ether oxygens (including phenoxy) is 2. The van der Waals surface area contributed by atoms with Crippen LogP contribution in [-0.2, 0) is 10.3 Å². The number of aromatic amines is 1. The number of aryl methyl sites for hydroxylation is 1.